The van der Waals surface area contributed by atoms with Crippen LogP contribution < -0.4 is 10.9 Å². The average Bonchev–Trinajstić information content (AvgIpc) is 3.08. The van der Waals surface area contributed by atoms with Crippen molar-refractivity contribution in [2.75, 3.05) is 13.1 Å². The molecule has 1 aliphatic carbocycles. The summed E-state index contributed by atoms with van der Waals surface area (Å²) in [5.41, 5.74) is 2.94. The first-order chi connectivity index (χ1) is 14.0. The zero-order valence-electron chi connectivity index (χ0n) is 15.5. The second-order valence-corrected chi connectivity index (χ2v) is 7.67. The minimum absolute atomic E-state index is 0.000974. The molecular formula is C22H18N2O5. The Labute approximate surface area is 165 Å². The van der Waals surface area contributed by atoms with Gasteiger partial charge in [-0.15, -0.1) is 0 Å². The number of benzene rings is 1. The number of amides is 1. The first-order valence-corrected chi connectivity index (χ1v) is 9.54. The molecule has 1 amide bonds. The number of rotatable bonds is 1. The summed E-state index contributed by atoms with van der Waals surface area (Å²) in [6.07, 6.45) is 3.57. The maximum atomic E-state index is 12.9. The smallest absolute Gasteiger partial charge is 0.407 e. The van der Waals surface area contributed by atoms with Crippen molar-refractivity contribution in [2.24, 2.45) is 5.92 Å². The topological polar surface area (TPSA) is 101 Å². The Morgan fingerprint density at radius 2 is 2.00 bits per heavy atom. The predicted molar refractivity (Wildman–Crippen MR) is 106 cm³/mol. The molecule has 0 radical (unpaired) electrons. The maximum absolute atomic E-state index is 12.9. The van der Waals surface area contributed by atoms with E-state index in [0.29, 0.717) is 41.7 Å². The van der Waals surface area contributed by atoms with E-state index in [1.165, 1.54) is 23.3 Å². The number of carbonyl (C=O) groups is 1. The number of carboxylic acid groups (broad SMARTS) is 1. The van der Waals surface area contributed by atoms with Gasteiger partial charge in [0.2, 0.25) is 0 Å². The van der Waals surface area contributed by atoms with Gasteiger partial charge in [0, 0.05) is 48.5 Å². The Balaban J connectivity index is 1.62. The third-order valence-corrected chi connectivity index (χ3v) is 6.09. The van der Waals surface area contributed by atoms with Gasteiger partial charge in [-0.2, -0.15) is 0 Å². The number of hydrogen-bond donors (Lipinski definition) is 1. The highest BCUT2D eigenvalue weighted by Crippen LogP contribution is 2.40. The van der Waals surface area contributed by atoms with E-state index in [-0.39, 0.29) is 22.7 Å². The van der Waals surface area contributed by atoms with E-state index in [2.05, 4.69) is 4.98 Å². The highest BCUT2D eigenvalue weighted by Gasteiger charge is 2.40. The Morgan fingerprint density at radius 3 is 2.83 bits per heavy atom. The van der Waals surface area contributed by atoms with Gasteiger partial charge in [0.1, 0.15) is 5.58 Å². The van der Waals surface area contributed by atoms with E-state index in [9.17, 15) is 19.5 Å². The van der Waals surface area contributed by atoms with E-state index in [1.807, 2.05) is 0 Å². The van der Waals surface area contributed by atoms with E-state index in [1.54, 1.807) is 24.4 Å². The van der Waals surface area contributed by atoms with E-state index in [4.69, 9.17) is 4.42 Å². The molecule has 1 N–H and O–H groups in total. The molecule has 7 nitrogen and oxygen atoms in total. The maximum Gasteiger partial charge on any atom is 0.407 e. The van der Waals surface area contributed by atoms with Crippen molar-refractivity contribution in [3.63, 3.8) is 0 Å². The molecule has 1 saturated heterocycles. The van der Waals surface area contributed by atoms with Crippen LogP contribution in [0.4, 0.5) is 4.79 Å². The zero-order chi connectivity index (χ0) is 20.1. The van der Waals surface area contributed by atoms with Crippen LogP contribution in [0, 0.1) is 5.92 Å². The molecule has 3 aromatic rings. The lowest BCUT2D eigenvalue weighted by Gasteiger charge is -2.24. The van der Waals surface area contributed by atoms with Gasteiger partial charge in [-0.3, -0.25) is 14.6 Å². The predicted octanol–water partition coefficient (Wildman–Crippen LogP) is 2.85. The fourth-order valence-corrected chi connectivity index (χ4v) is 4.60. The van der Waals surface area contributed by atoms with Crippen LogP contribution in [0.25, 0.3) is 22.2 Å². The summed E-state index contributed by atoms with van der Waals surface area (Å²) >= 11 is 0. The summed E-state index contributed by atoms with van der Waals surface area (Å²) in [5.74, 6) is 0.217. The lowest BCUT2D eigenvalue weighted by atomic mass is 9.78. The SMILES string of the molecule is O=C(O)N1CC2CCc3c(cnc(-c4ccc5occc(=O)c5c4)cc3=O)[C@H]2C1. The third kappa shape index (κ3) is 2.90. The number of aromatic nitrogens is 1. The molecule has 1 unspecified atom stereocenters. The molecule has 29 heavy (non-hydrogen) atoms. The first kappa shape index (κ1) is 17.6. The molecule has 1 aliphatic heterocycles. The second-order valence-electron chi connectivity index (χ2n) is 7.67. The Bertz CT molecular complexity index is 1270. The van der Waals surface area contributed by atoms with Crippen LogP contribution in [0.2, 0.25) is 0 Å². The van der Waals surface area contributed by atoms with E-state index >= 15 is 0 Å². The van der Waals surface area contributed by atoms with Gasteiger partial charge in [-0.1, -0.05) is 0 Å². The summed E-state index contributed by atoms with van der Waals surface area (Å²) in [4.78, 5) is 42.4. The minimum Gasteiger partial charge on any atom is -0.465 e. The first-order valence-electron chi connectivity index (χ1n) is 9.54. The largest absolute Gasteiger partial charge is 0.465 e. The lowest BCUT2D eigenvalue weighted by Crippen LogP contribution is -2.26. The Kier molecular flexibility index (Phi) is 3.97. The van der Waals surface area contributed by atoms with Crippen LogP contribution in [0.15, 0.2) is 56.8 Å². The van der Waals surface area contributed by atoms with Crippen molar-refractivity contribution in [1.82, 2.24) is 9.88 Å². The summed E-state index contributed by atoms with van der Waals surface area (Å²) in [5, 5.41) is 9.76. The zero-order valence-corrected chi connectivity index (χ0v) is 15.5. The van der Waals surface area contributed by atoms with Gasteiger partial charge in [0.25, 0.3) is 0 Å². The third-order valence-electron chi connectivity index (χ3n) is 6.09. The quantitative estimate of drug-likeness (QED) is 0.686. The number of likely N-dealkylation sites (tertiary alicyclic amines) is 1. The molecule has 3 heterocycles. The molecule has 1 fully saturated rings. The van der Waals surface area contributed by atoms with Crippen molar-refractivity contribution in [1.29, 1.82) is 0 Å². The highest BCUT2D eigenvalue weighted by molar-refractivity contribution is 5.82. The van der Waals surface area contributed by atoms with Crippen LogP contribution in [-0.2, 0) is 6.42 Å². The van der Waals surface area contributed by atoms with Crippen molar-refractivity contribution < 1.29 is 14.3 Å². The molecule has 0 bridgehead atoms. The van der Waals surface area contributed by atoms with Crippen molar-refractivity contribution >= 4 is 17.1 Å². The molecule has 0 spiro atoms. The van der Waals surface area contributed by atoms with E-state index < -0.39 is 6.09 Å². The van der Waals surface area contributed by atoms with Gasteiger partial charge >= 0.3 is 6.09 Å². The summed E-state index contributed by atoms with van der Waals surface area (Å²) < 4.78 is 5.35. The van der Waals surface area contributed by atoms with Crippen molar-refractivity contribution in [2.45, 2.75) is 18.8 Å². The Morgan fingerprint density at radius 1 is 1.14 bits per heavy atom. The second kappa shape index (κ2) is 6.55. The van der Waals surface area contributed by atoms with Crippen LogP contribution in [0.3, 0.4) is 0 Å². The van der Waals surface area contributed by atoms with Gasteiger partial charge in [-0.25, -0.2) is 4.79 Å². The van der Waals surface area contributed by atoms with Gasteiger partial charge < -0.3 is 14.4 Å². The van der Waals surface area contributed by atoms with Crippen molar-refractivity contribution in [3.8, 4) is 11.3 Å². The number of hydrogen-bond acceptors (Lipinski definition) is 5. The van der Waals surface area contributed by atoms with Crippen LogP contribution in [0.1, 0.15) is 23.5 Å². The van der Waals surface area contributed by atoms with Crippen LogP contribution >= 0.6 is 0 Å². The minimum atomic E-state index is -0.924. The molecule has 2 atom stereocenters. The fourth-order valence-electron chi connectivity index (χ4n) is 4.60. The van der Waals surface area contributed by atoms with E-state index in [0.717, 1.165) is 17.5 Å². The highest BCUT2D eigenvalue weighted by atomic mass is 16.4. The summed E-state index contributed by atoms with van der Waals surface area (Å²) in [6.45, 7) is 0.893. The number of fused-ring (bicyclic) bond motifs is 4. The molecule has 5 rings (SSSR count). The van der Waals surface area contributed by atoms with Crippen LogP contribution in [0.5, 0.6) is 0 Å². The average molecular weight is 390 g/mol. The molecule has 146 valence electrons. The summed E-state index contributed by atoms with van der Waals surface area (Å²) in [7, 11) is 0. The summed E-state index contributed by atoms with van der Waals surface area (Å²) in [6, 6.07) is 8.03. The molecule has 1 aromatic carbocycles. The molecule has 2 aromatic heterocycles. The molecule has 0 saturated carbocycles. The fraction of sp³-hybridized carbons (Fsp3) is 0.273. The van der Waals surface area contributed by atoms with Gasteiger partial charge in [0.15, 0.2) is 10.9 Å². The molecule has 7 heteroatoms. The van der Waals surface area contributed by atoms with Crippen molar-refractivity contribution in [3.05, 3.63) is 74.4 Å². The van der Waals surface area contributed by atoms with Gasteiger partial charge in [0.05, 0.1) is 17.3 Å². The normalized spacial score (nSPS) is 20.3. The monoisotopic (exact) mass is 390 g/mol. The van der Waals surface area contributed by atoms with Crippen LogP contribution in [-0.4, -0.2) is 34.2 Å². The van der Waals surface area contributed by atoms with Gasteiger partial charge in [-0.05, 0) is 42.5 Å². The standard InChI is InChI=1S/C22H18N2O5/c25-19-5-6-29-21-4-2-12(7-15(19)21)18-8-20(26)14-3-1-13-10-24(22(27)28)11-17(13)16(14)9-23-18/h2,4-9,13,17H,1,3,10-11H2,(H,27,28)/t13?,17-/m0/s1. The molecule has 2 aliphatic rings. The molecular weight excluding hydrogens is 372 g/mol. The lowest BCUT2D eigenvalue weighted by molar-refractivity contribution is 0.153. The number of nitrogens with zero attached hydrogens (tertiary/aromatic N) is 2. The Hall–Kier alpha value is -3.48.